The van der Waals surface area contributed by atoms with Crippen LogP contribution in [-0.4, -0.2) is 60.1 Å². The second-order valence-electron chi connectivity index (χ2n) is 6.39. The third-order valence-electron chi connectivity index (χ3n) is 4.92. The molecule has 1 N–H and O–H groups in total. The van der Waals surface area contributed by atoms with Crippen molar-refractivity contribution in [2.75, 3.05) is 50.7 Å². The van der Waals surface area contributed by atoms with Crippen LogP contribution in [0.5, 0.6) is 0 Å². The molecule has 2 aliphatic heterocycles. The Morgan fingerprint density at radius 3 is 2.73 bits per heavy atom. The van der Waals surface area contributed by atoms with Gasteiger partial charge in [-0.15, -0.1) is 0 Å². The van der Waals surface area contributed by atoms with Crippen molar-refractivity contribution in [3.63, 3.8) is 0 Å². The molecule has 0 radical (unpaired) electrons. The summed E-state index contributed by atoms with van der Waals surface area (Å²) in [4.78, 5) is 9.65. The SMILES string of the molecule is c1cn2c(CCN3CCCC3)ncc2cc1N1CCNCC1. The highest BCUT2D eigenvalue weighted by molar-refractivity contribution is 5.59. The minimum absolute atomic E-state index is 1.04. The van der Waals surface area contributed by atoms with Crippen LogP contribution in [0.3, 0.4) is 0 Å². The van der Waals surface area contributed by atoms with Crippen LogP contribution < -0.4 is 10.2 Å². The molecule has 2 fully saturated rings. The van der Waals surface area contributed by atoms with Gasteiger partial charge in [-0.05, 0) is 38.1 Å². The quantitative estimate of drug-likeness (QED) is 0.925. The van der Waals surface area contributed by atoms with Crippen molar-refractivity contribution >= 4 is 11.2 Å². The van der Waals surface area contributed by atoms with E-state index in [9.17, 15) is 0 Å². The van der Waals surface area contributed by atoms with Gasteiger partial charge in [0.05, 0.1) is 11.7 Å². The second kappa shape index (κ2) is 6.26. The zero-order valence-electron chi connectivity index (χ0n) is 13.2. The van der Waals surface area contributed by atoms with E-state index in [0.717, 1.165) is 39.1 Å². The molecular formula is C17H25N5. The lowest BCUT2D eigenvalue weighted by molar-refractivity contribution is 0.340. The minimum Gasteiger partial charge on any atom is -0.369 e. The topological polar surface area (TPSA) is 35.8 Å². The summed E-state index contributed by atoms with van der Waals surface area (Å²) in [5.74, 6) is 1.19. The number of hydrogen-bond acceptors (Lipinski definition) is 4. The molecule has 4 heterocycles. The number of imidazole rings is 1. The molecule has 4 rings (SSSR count). The summed E-state index contributed by atoms with van der Waals surface area (Å²) in [6.45, 7) is 7.99. The van der Waals surface area contributed by atoms with Gasteiger partial charge >= 0.3 is 0 Å². The highest BCUT2D eigenvalue weighted by atomic mass is 15.2. The fourth-order valence-corrected chi connectivity index (χ4v) is 3.61. The van der Waals surface area contributed by atoms with Gasteiger partial charge in [0, 0.05) is 51.0 Å². The molecular weight excluding hydrogens is 274 g/mol. The van der Waals surface area contributed by atoms with E-state index in [4.69, 9.17) is 0 Å². The first-order valence-electron chi connectivity index (χ1n) is 8.54. The first-order valence-corrected chi connectivity index (χ1v) is 8.54. The highest BCUT2D eigenvalue weighted by Gasteiger charge is 2.14. The van der Waals surface area contributed by atoms with Crippen LogP contribution in [-0.2, 0) is 6.42 Å². The number of aromatic nitrogens is 2. The number of nitrogens with one attached hydrogen (secondary N) is 1. The molecule has 0 amide bonds. The van der Waals surface area contributed by atoms with Gasteiger partial charge in [-0.25, -0.2) is 4.98 Å². The molecule has 0 bridgehead atoms. The van der Waals surface area contributed by atoms with Crippen LogP contribution in [0.4, 0.5) is 5.69 Å². The van der Waals surface area contributed by atoms with Crippen LogP contribution in [0, 0.1) is 0 Å². The van der Waals surface area contributed by atoms with Gasteiger partial charge in [0.1, 0.15) is 5.82 Å². The summed E-state index contributed by atoms with van der Waals surface area (Å²) in [5.41, 5.74) is 2.53. The predicted molar refractivity (Wildman–Crippen MR) is 89.7 cm³/mol. The molecule has 118 valence electrons. The maximum Gasteiger partial charge on any atom is 0.114 e. The standard InChI is InChI=1S/C17H25N5/c1-2-8-20(7-1)9-4-17-19-14-16-13-15(3-10-22(16)17)21-11-5-18-6-12-21/h3,10,13-14,18H,1-2,4-9,11-12H2. The Hall–Kier alpha value is -1.59. The van der Waals surface area contributed by atoms with Gasteiger partial charge in [0.25, 0.3) is 0 Å². The van der Waals surface area contributed by atoms with Gasteiger partial charge in [0.15, 0.2) is 0 Å². The van der Waals surface area contributed by atoms with Crippen LogP contribution in [0.1, 0.15) is 18.7 Å². The lowest BCUT2D eigenvalue weighted by Crippen LogP contribution is -2.43. The molecule has 0 saturated carbocycles. The maximum atomic E-state index is 4.65. The summed E-state index contributed by atoms with van der Waals surface area (Å²) in [7, 11) is 0. The maximum absolute atomic E-state index is 4.65. The van der Waals surface area contributed by atoms with Crippen molar-refractivity contribution in [1.82, 2.24) is 19.6 Å². The molecule has 0 unspecified atom stereocenters. The first kappa shape index (κ1) is 14.0. The Kier molecular flexibility index (Phi) is 3.99. The van der Waals surface area contributed by atoms with Crippen molar-refractivity contribution in [3.8, 4) is 0 Å². The van der Waals surface area contributed by atoms with Crippen molar-refractivity contribution in [2.45, 2.75) is 19.3 Å². The summed E-state index contributed by atoms with van der Waals surface area (Å²) in [5, 5.41) is 3.41. The molecule has 2 aliphatic rings. The lowest BCUT2D eigenvalue weighted by Gasteiger charge is -2.29. The van der Waals surface area contributed by atoms with Gasteiger partial charge in [-0.2, -0.15) is 0 Å². The Labute approximate surface area is 131 Å². The monoisotopic (exact) mass is 299 g/mol. The third kappa shape index (κ3) is 2.83. The zero-order valence-corrected chi connectivity index (χ0v) is 13.2. The largest absolute Gasteiger partial charge is 0.369 e. The normalized spacial score (nSPS) is 20.1. The summed E-state index contributed by atoms with van der Waals surface area (Å²) in [6, 6.07) is 4.51. The molecule has 0 spiro atoms. The van der Waals surface area contributed by atoms with E-state index >= 15 is 0 Å². The molecule has 2 aromatic rings. The molecule has 2 saturated heterocycles. The Morgan fingerprint density at radius 1 is 1.09 bits per heavy atom. The van der Waals surface area contributed by atoms with Crippen molar-refractivity contribution in [2.24, 2.45) is 0 Å². The molecule has 0 aromatic carbocycles. The Morgan fingerprint density at radius 2 is 1.91 bits per heavy atom. The predicted octanol–water partition coefficient (Wildman–Crippen LogP) is 1.38. The number of rotatable bonds is 4. The number of nitrogens with zero attached hydrogens (tertiary/aromatic N) is 4. The smallest absolute Gasteiger partial charge is 0.114 e. The second-order valence-corrected chi connectivity index (χ2v) is 6.39. The van der Waals surface area contributed by atoms with E-state index in [0.29, 0.717) is 0 Å². The molecule has 0 atom stereocenters. The number of anilines is 1. The first-order chi connectivity index (χ1) is 10.9. The van der Waals surface area contributed by atoms with Crippen molar-refractivity contribution in [1.29, 1.82) is 0 Å². The summed E-state index contributed by atoms with van der Waals surface area (Å²) in [6.07, 6.45) is 7.97. The van der Waals surface area contributed by atoms with E-state index in [2.05, 4.69) is 42.8 Å². The number of fused-ring (bicyclic) bond motifs is 1. The molecule has 2 aromatic heterocycles. The zero-order chi connectivity index (χ0) is 14.8. The minimum atomic E-state index is 1.04. The number of piperazine rings is 1. The van der Waals surface area contributed by atoms with Gasteiger partial charge in [-0.3, -0.25) is 0 Å². The van der Waals surface area contributed by atoms with Gasteiger partial charge in [0.2, 0.25) is 0 Å². The van der Waals surface area contributed by atoms with Crippen LogP contribution in [0.15, 0.2) is 24.5 Å². The fraction of sp³-hybridized carbons (Fsp3) is 0.588. The average Bonchev–Trinajstić information content (AvgIpc) is 3.23. The lowest BCUT2D eigenvalue weighted by atomic mass is 10.2. The average molecular weight is 299 g/mol. The number of hydrogen-bond donors (Lipinski definition) is 1. The molecule has 22 heavy (non-hydrogen) atoms. The van der Waals surface area contributed by atoms with Gasteiger partial charge < -0.3 is 19.5 Å². The third-order valence-corrected chi connectivity index (χ3v) is 4.92. The van der Waals surface area contributed by atoms with Crippen LogP contribution in [0.2, 0.25) is 0 Å². The Bertz CT molecular complexity index is 623. The highest BCUT2D eigenvalue weighted by Crippen LogP contribution is 2.19. The molecule has 0 aliphatic carbocycles. The molecule has 5 nitrogen and oxygen atoms in total. The van der Waals surface area contributed by atoms with E-state index in [-0.39, 0.29) is 0 Å². The van der Waals surface area contributed by atoms with Crippen LogP contribution >= 0.6 is 0 Å². The fourth-order valence-electron chi connectivity index (χ4n) is 3.61. The summed E-state index contributed by atoms with van der Waals surface area (Å²) >= 11 is 0. The number of likely N-dealkylation sites (tertiary alicyclic amines) is 1. The van der Waals surface area contributed by atoms with E-state index in [1.807, 2.05) is 6.20 Å². The number of pyridine rings is 1. The van der Waals surface area contributed by atoms with E-state index in [1.165, 1.54) is 43.0 Å². The van der Waals surface area contributed by atoms with E-state index < -0.39 is 0 Å². The van der Waals surface area contributed by atoms with Crippen molar-refractivity contribution in [3.05, 3.63) is 30.4 Å². The Balaban J connectivity index is 1.49. The van der Waals surface area contributed by atoms with E-state index in [1.54, 1.807) is 0 Å². The molecule has 5 heteroatoms. The van der Waals surface area contributed by atoms with Crippen molar-refractivity contribution < 1.29 is 0 Å². The van der Waals surface area contributed by atoms with Crippen LogP contribution in [0.25, 0.3) is 5.52 Å². The summed E-state index contributed by atoms with van der Waals surface area (Å²) < 4.78 is 2.25. The van der Waals surface area contributed by atoms with Gasteiger partial charge in [-0.1, -0.05) is 0 Å².